The Kier molecular flexibility index (Phi) is 6.15. The van der Waals surface area contributed by atoms with Gasteiger partial charge in [-0.25, -0.2) is 0 Å². The van der Waals surface area contributed by atoms with Gasteiger partial charge in [-0.05, 0) is 57.5 Å². The monoisotopic (exact) mass is 278 g/mol. The van der Waals surface area contributed by atoms with Gasteiger partial charge in [-0.3, -0.25) is 0 Å². The molecule has 1 aliphatic heterocycles. The van der Waals surface area contributed by atoms with E-state index in [0.29, 0.717) is 6.10 Å². The maximum absolute atomic E-state index is 5.58. The predicted molar refractivity (Wildman–Crippen MR) is 82.7 cm³/mol. The quantitative estimate of drug-likeness (QED) is 0.717. The van der Waals surface area contributed by atoms with Crippen LogP contribution in [0.25, 0.3) is 0 Å². The highest BCUT2D eigenvalue weighted by atomic mass is 16.5. The van der Waals surface area contributed by atoms with Gasteiger partial charge in [0.15, 0.2) is 0 Å². The molecule has 2 N–H and O–H groups in total. The second kappa shape index (κ2) is 8.12. The van der Waals surface area contributed by atoms with Crippen LogP contribution in [-0.4, -0.2) is 39.0 Å². The summed E-state index contributed by atoms with van der Waals surface area (Å²) in [5.41, 5.74) is 2.46. The first-order valence-corrected chi connectivity index (χ1v) is 7.57. The van der Waals surface area contributed by atoms with Crippen LogP contribution in [-0.2, 0) is 11.2 Å². The zero-order chi connectivity index (χ0) is 14.2. The van der Waals surface area contributed by atoms with Gasteiger partial charge >= 0.3 is 0 Å². The van der Waals surface area contributed by atoms with Crippen molar-refractivity contribution in [2.24, 2.45) is 0 Å². The Morgan fingerprint density at radius 3 is 3.10 bits per heavy atom. The molecule has 0 saturated carbocycles. The van der Waals surface area contributed by atoms with Crippen LogP contribution >= 0.6 is 0 Å². The number of fused-ring (bicyclic) bond motifs is 1. The zero-order valence-corrected chi connectivity index (χ0v) is 12.6. The number of nitrogens with one attached hydrogen (secondary N) is 2. The van der Waals surface area contributed by atoms with Crippen molar-refractivity contribution in [1.82, 2.24) is 5.32 Å². The zero-order valence-electron chi connectivity index (χ0n) is 12.6. The Morgan fingerprint density at radius 2 is 2.25 bits per heavy atom. The molecule has 2 rings (SSSR count). The van der Waals surface area contributed by atoms with E-state index < -0.39 is 0 Å². The third kappa shape index (κ3) is 5.02. The van der Waals surface area contributed by atoms with Gasteiger partial charge in [0.2, 0.25) is 0 Å². The second-order valence-corrected chi connectivity index (χ2v) is 5.38. The molecule has 0 radical (unpaired) electrons. The van der Waals surface area contributed by atoms with Gasteiger partial charge in [0.05, 0.1) is 11.8 Å². The van der Waals surface area contributed by atoms with E-state index in [1.54, 1.807) is 0 Å². The molecule has 4 nitrogen and oxygen atoms in total. The van der Waals surface area contributed by atoms with Gasteiger partial charge < -0.3 is 20.1 Å². The van der Waals surface area contributed by atoms with Crippen molar-refractivity contribution in [1.29, 1.82) is 0 Å². The minimum Gasteiger partial charge on any atom is -0.490 e. The van der Waals surface area contributed by atoms with E-state index in [9.17, 15) is 0 Å². The number of hydrogen-bond donors (Lipinski definition) is 2. The summed E-state index contributed by atoms with van der Waals surface area (Å²) in [5, 5.41) is 6.83. The van der Waals surface area contributed by atoms with E-state index in [-0.39, 0.29) is 0 Å². The molecule has 0 spiro atoms. The smallest absolute Gasteiger partial charge is 0.142 e. The lowest BCUT2D eigenvalue weighted by molar-refractivity contribution is 0.0771. The summed E-state index contributed by atoms with van der Waals surface area (Å²) in [7, 11) is 0. The molecule has 0 saturated heterocycles. The molecular formula is C16H26N2O2. The maximum atomic E-state index is 5.58. The minimum absolute atomic E-state index is 0.334. The number of rotatable bonds is 8. The van der Waals surface area contributed by atoms with Gasteiger partial charge in [0.1, 0.15) is 12.4 Å². The van der Waals surface area contributed by atoms with Gasteiger partial charge in [-0.1, -0.05) is 6.07 Å². The van der Waals surface area contributed by atoms with E-state index in [4.69, 9.17) is 9.47 Å². The molecular weight excluding hydrogens is 252 g/mol. The minimum atomic E-state index is 0.334. The maximum Gasteiger partial charge on any atom is 0.142 e. The molecule has 1 aromatic rings. The Bertz CT molecular complexity index is 407. The van der Waals surface area contributed by atoms with Crippen molar-refractivity contribution in [3.8, 4) is 5.75 Å². The fourth-order valence-corrected chi connectivity index (χ4v) is 2.22. The van der Waals surface area contributed by atoms with Crippen LogP contribution in [0.15, 0.2) is 18.2 Å². The fraction of sp³-hybridized carbons (Fsp3) is 0.625. The van der Waals surface area contributed by atoms with Crippen molar-refractivity contribution in [2.45, 2.75) is 32.8 Å². The van der Waals surface area contributed by atoms with Crippen LogP contribution < -0.4 is 15.4 Å². The number of anilines is 1. The van der Waals surface area contributed by atoms with Crippen molar-refractivity contribution in [3.63, 3.8) is 0 Å². The molecule has 0 unspecified atom stereocenters. The summed E-state index contributed by atoms with van der Waals surface area (Å²) in [4.78, 5) is 0. The number of ether oxygens (including phenoxy) is 2. The lowest BCUT2D eigenvalue weighted by atomic mass is 10.1. The van der Waals surface area contributed by atoms with Crippen LogP contribution in [0, 0.1) is 0 Å². The SMILES string of the molecule is CC(C)OCCCNCCc1ccc2c(c1)NCCO2. The highest BCUT2D eigenvalue weighted by molar-refractivity contribution is 5.59. The molecule has 4 heteroatoms. The predicted octanol–water partition coefficient (Wildman–Crippen LogP) is 2.44. The van der Waals surface area contributed by atoms with Crippen molar-refractivity contribution in [2.75, 3.05) is 38.2 Å². The highest BCUT2D eigenvalue weighted by Crippen LogP contribution is 2.27. The Labute approximate surface area is 121 Å². The van der Waals surface area contributed by atoms with Crippen LogP contribution in [0.2, 0.25) is 0 Å². The van der Waals surface area contributed by atoms with Gasteiger partial charge in [-0.15, -0.1) is 0 Å². The third-order valence-corrected chi connectivity index (χ3v) is 3.26. The molecule has 0 fully saturated rings. The summed E-state index contributed by atoms with van der Waals surface area (Å²) in [6, 6.07) is 6.40. The average Bonchev–Trinajstić information content (AvgIpc) is 2.46. The van der Waals surface area contributed by atoms with Crippen molar-refractivity contribution in [3.05, 3.63) is 23.8 Å². The Morgan fingerprint density at radius 1 is 1.35 bits per heavy atom. The van der Waals surface area contributed by atoms with E-state index in [1.807, 2.05) is 0 Å². The Hall–Kier alpha value is -1.26. The van der Waals surface area contributed by atoms with Crippen LogP contribution in [0.3, 0.4) is 0 Å². The Balaban J connectivity index is 1.62. The first-order valence-electron chi connectivity index (χ1n) is 7.57. The average molecular weight is 278 g/mol. The van der Waals surface area contributed by atoms with Gasteiger partial charge in [0, 0.05) is 13.2 Å². The standard InChI is InChI=1S/C16H26N2O2/c1-13(2)19-10-3-7-17-8-6-14-4-5-16-15(12-14)18-9-11-20-16/h4-5,12-13,17-18H,3,6-11H2,1-2H3. The summed E-state index contributed by atoms with van der Waals surface area (Å²) in [6.07, 6.45) is 2.44. The summed E-state index contributed by atoms with van der Waals surface area (Å²) in [5.74, 6) is 0.971. The lowest BCUT2D eigenvalue weighted by Gasteiger charge is -2.19. The molecule has 112 valence electrons. The summed E-state index contributed by atoms with van der Waals surface area (Å²) in [6.45, 7) is 8.64. The largest absolute Gasteiger partial charge is 0.490 e. The van der Waals surface area contributed by atoms with E-state index in [2.05, 4.69) is 42.7 Å². The summed E-state index contributed by atoms with van der Waals surface area (Å²) >= 11 is 0. The molecule has 1 aliphatic rings. The van der Waals surface area contributed by atoms with E-state index >= 15 is 0 Å². The second-order valence-electron chi connectivity index (χ2n) is 5.38. The highest BCUT2D eigenvalue weighted by Gasteiger charge is 2.09. The van der Waals surface area contributed by atoms with Gasteiger partial charge in [-0.2, -0.15) is 0 Å². The molecule has 20 heavy (non-hydrogen) atoms. The first-order chi connectivity index (χ1) is 9.75. The van der Waals surface area contributed by atoms with E-state index in [0.717, 1.165) is 57.1 Å². The molecule has 0 atom stereocenters. The van der Waals surface area contributed by atoms with Crippen molar-refractivity contribution < 1.29 is 9.47 Å². The lowest BCUT2D eigenvalue weighted by Crippen LogP contribution is -2.21. The molecule has 0 aromatic heterocycles. The molecule has 0 amide bonds. The van der Waals surface area contributed by atoms with Crippen LogP contribution in [0.1, 0.15) is 25.8 Å². The summed E-state index contributed by atoms with van der Waals surface area (Å²) < 4.78 is 11.1. The van der Waals surface area contributed by atoms with Gasteiger partial charge in [0.25, 0.3) is 0 Å². The molecule has 1 aromatic carbocycles. The molecule has 0 aliphatic carbocycles. The van der Waals surface area contributed by atoms with Crippen molar-refractivity contribution >= 4 is 5.69 Å². The topological polar surface area (TPSA) is 42.5 Å². The fourth-order valence-electron chi connectivity index (χ4n) is 2.22. The molecule has 1 heterocycles. The number of hydrogen-bond acceptors (Lipinski definition) is 4. The van der Waals surface area contributed by atoms with Crippen LogP contribution in [0.4, 0.5) is 5.69 Å². The first kappa shape index (κ1) is 15.1. The number of benzene rings is 1. The van der Waals surface area contributed by atoms with Crippen LogP contribution in [0.5, 0.6) is 5.75 Å². The molecule has 0 bridgehead atoms. The normalized spacial score (nSPS) is 13.8. The third-order valence-electron chi connectivity index (χ3n) is 3.26. The van der Waals surface area contributed by atoms with E-state index in [1.165, 1.54) is 5.56 Å².